The Hall–Kier alpha value is -1.19. The lowest BCUT2D eigenvalue weighted by molar-refractivity contribution is 0.208. The van der Waals surface area contributed by atoms with Crippen molar-refractivity contribution in [3.05, 3.63) is 0 Å². The third-order valence-electron chi connectivity index (χ3n) is 5.56. The van der Waals surface area contributed by atoms with E-state index in [0.717, 1.165) is 19.0 Å². The predicted molar refractivity (Wildman–Crippen MR) is 68.5 cm³/mol. The molecule has 0 aromatic rings. The monoisotopic (exact) mass is 230 g/mol. The molecule has 90 valence electrons. The van der Waals surface area contributed by atoms with Gasteiger partial charge in [-0.2, -0.15) is 5.10 Å². The first kappa shape index (κ1) is 9.80. The molecular weight excluding hydrogens is 212 g/mol. The average Bonchev–Trinajstić information content (AvgIpc) is 2.85. The van der Waals surface area contributed by atoms with E-state index in [1.807, 2.05) is 5.01 Å². The molecule has 4 rings (SSSR count). The number of nitrogens with zero attached hydrogens (tertiary/aromatic N) is 4. The molecule has 2 heterocycles. The fraction of sp³-hybridized carbons (Fsp3) is 0.769. The third kappa shape index (κ3) is 0.905. The Morgan fingerprint density at radius 3 is 2.94 bits per heavy atom. The number of hydrazone groups is 1. The molecule has 0 aromatic heterocycles. The molecule has 0 unspecified atom stereocenters. The second-order valence-corrected chi connectivity index (χ2v) is 6.40. The van der Waals surface area contributed by atoms with Gasteiger partial charge in [-0.05, 0) is 18.3 Å². The van der Waals surface area contributed by atoms with Crippen LogP contribution in [0, 0.1) is 16.7 Å². The van der Waals surface area contributed by atoms with Crippen LogP contribution in [-0.2, 0) is 0 Å². The minimum absolute atomic E-state index is 0.202. The molecule has 0 aromatic carbocycles. The summed E-state index contributed by atoms with van der Waals surface area (Å²) in [6.45, 7) is 8.86. The fourth-order valence-corrected chi connectivity index (χ4v) is 3.99. The average molecular weight is 230 g/mol. The van der Waals surface area contributed by atoms with E-state index in [4.69, 9.17) is 10.1 Å². The Morgan fingerprint density at radius 1 is 1.29 bits per heavy atom. The maximum Gasteiger partial charge on any atom is 0.241 e. The quantitative estimate of drug-likeness (QED) is 0.626. The Bertz CT molecular complexity index is 500. The smallest absolute Gasteiger partial charge is 0.241 e. The maximum absolute atomic E-state index is 4.82. The van der Waals surface area contributed by atoms with Gasteiger partial charge in [0.2, 0.25) is 5.96 Å². The molecule has 0 radical (unpaired) electrons. The van der Waals surface area contributed by atoms with Gasteiger partial charge >= 0.3 is 0 Å². The summed E-state index contributed by atoms with van der Waals surface area (Å²) in [6.07, 6.45) is 2.51. The molecule has 2 fully saturated rings. The molecule has 0 spiro atoms. The number of fused-ring (bicyclic) bond motifs is 6. The highest BCUT2D eigenvalue weighted by atomic mass is 15.6. The largest absolute Gasteiger partial charge is 0.248 e. The van der Waals surface area contributed by atoms with Crippen molar-refractivity contribution in [2.75, 3.05) is 13.1 Å². The summed E-state index contributed by atoms with van der Waals surface area (Å²) in [5.41, 5.74) is 2.99. The first-order chi connectivity index (χ1) is 8.04. The summed E-state index contributed by atoms with van der Waals surface area (Å²) in [5.74, 6) is 1.43. The molecule has 2 aliphatic carbocycles. The fourth-order valence-electron chi connectivity index (χ4n) is 3.99. The molecular formula is C13H18N4. The molecule has 17 heavy (non-hydrogen) atoms. The normalized spacial score (nSPS) is 40.8. The van der Waals surface area contributed by atoms with Crippen molar-refractivity contribution in [1.29, 1.82) is 0 Å². The van der Waals surface area contributed by atoms with E-state index in [-0.39, 0.29) is 5.41 Å². The summed E-state index contributed by atoms with van der Waals surface area (Å²) in [5, 5.41) is 6.80. The summed E-state index contributed by atoms with van der Waals surface area (Å²) in [4.78, 5) is 9.25. The van der Waals surface area contributed by atoms with Crippen molar-refractivity contribution in [2.45, 2.75) is 33.6 Å². The Balaban J connectivity index is 1.93. The van der Waals surface area contributed by atoms with Gasteiger partial charge in [0.05, 0.1) is 24.5 Å². The maximum atomic E-state index is 4.82. The van der Waals surface area contributed by atoms with Crippen molar-refractivity contribution in [2.24, 2.45) is 31.8 Å². The number of rotatable bonds is 0. The second-order valence-electron chi connectivity index (χ2n) is 6.40. The molecule has 4 nitrogen and oxygen atoms in total. The lowest BCUT2D eigenvalue weighted by Gasteiger charge is -2.34. The van der Waals surface area contributed by atoms with Gasteiger partial charge in [-0.25, -0.2) is 15.0 Å². The van der Waals surface area contributed by atoms with E-state index in [1.54, 1.807) is 0 Å². The Labute approximate surface area is 102 Å². The van der Waals surface area contributed by atoms with E-state index in [0.29, 0.717) is 11.3 Å². The first-order valence-electron chi connectivity index (χ1n) is 6.54. The minimum atomic E-state index is 0.202. The van der Waals surface area contributed by atoms with Gasteiger partial charge in [0, 0.05) is 11.3 Å². The van der Waals surface area contributed by atoms with Gasteiger partial charge in [0.25, 0.3) is 0 Å². The van der Waals surface area contributed by atoms with E-state index in [1.165, 1.54) is 24.3 Å². The number of aliphatic imine (C=N–C) groups is 2. The van der Waals surface area contributed by atoms with Crippen LogP contribution < -0.4 is 0 Å². The molecule has 0 saturated heterocycles. The Kier molecular flexibility index (Phi) is 1.51. The molecule has 2 atom stereocenters. The number of hydrogen-bond acceptors (Lipinski definition) is 4. The molecule has 2 saturated carbocycles. The van der Waals surface area contributed by atoms with Gasteiger partial charge in [-0.1, -0.05) is 20.8 Å². The Morgan fingerprint density at radius 2 is 2.12 bits per heavy atom. The topological polar surface area (TPSA) is 40.3 Å². The van der Waals surface area contributed by atoms with Crippen molar-refractivity contribution in [3.63, 3.8) is 0 Å². The molecule has 4 aliphatic rings. The second kappa shape index (κ2) is 2.62. The molecule has 2 bridgehead atoms. The highest BCUT2D eigenvalue weighted by molar-refractivity contribution is 6.50. The predicted octanol–water partition coefficient (Wildman–Crippen LogP) is 1.92. The van der Waals surface area contributed by atoms with Crippen LogP contribution in [0.15, 0.2) is 15.1 Å². The van der Waals surface area contributed by atoms with Crippen molar-refractivity contribution < 1.29 is 0 Å². The SMILES string of the molecule is CC1(C)[C@@H]2CC[C@@]1(C)C1=NC3=NCCN3N=C12. The van der Waals surface area contributed by atoms with E-state index < -0.39 is 0 Å². The number of hydrogen-bond donors (Lipinski definition) is 0. The van der Waals surface area contributed by atoms with E-state index >= 15 is 0 Å². The number of guanidine groups is 1. The van der Waals surface area contributed by atoms with Crippen molar-refractivity contribution >= 4 is 17.4 Å². The first-order valence-corrected chi connectivity index (χ1v) is 6.54. The van der Waals surface area contributed by atoms with Crippen LogP contribution in [0.2, 0.25) is 0 Å². The summed E-state index contributed by atoms with van der Waals surface area (Å²) in [7, 11) is 0. The van der Waals surface area contributed by atoms with Crippen LogP contribution in [-0.4, -0.2) is 35.5 Å². The lowest BCUT2D eigenvalue weighted by atomic mass is 9.70. The van der Waals surface area contributed by atoms with Crippen LogP contribution in [0.25, 0.3) is 0 Å². The van der Waals surface area contributed by atoms with Gasteiger partial charge < -0.3 is 0 Å². The molecule has 4 heteroatoms. The van der Waals surface area contributed by atoms with Crippen LogP contribution in [0.3, 0.4) is 0 Å². The highest BCUT2D eigenvalue weighted by Crippen LogP contribution is 2.63. The van der Waals surface area contributed by atoms with Gasteiger partial charge in [-0.15, -0.1) is 0 Å². The zero-order chi connectivity index (χ0) is 11.8. The van der Waals surface area contributed by atoms with Crippen molar-refractivity contribution in [1.82, 2.24) is 5.01 Å². The minimum Gasteiger partial charge on any atom is -0.248 e. The molecule has 0 N–H and O–H groups in total. The summed E-state index contributed by atoms with van der Waals surface area (Å²) >= 11 is 0. The molecule has 0 amide bonds. The zero-order valence-electron chi connectivity index (χ0n) is 10.7. The van der Waals surface area contributed by atoms with Gasteiger partial charge in [0.1, 0.15) is 0 Å². The van der Waals surface area contributed by atoms with Crippen LogP contribution in [0.1, 0.15) is 33.6 Å². The van der Waals surface area contributed by atoms with E-state index in [9.17, 15) is 0 Å². The lowest BCUT2D eigenvalue weighted by Crippen LogP contribution is -2.39. The summed E-state index contributed by atoms with van der Waals surface area (Å²) in [6, 6.07) is 0. The highest BCUT2D eigenvalue weighted by Gasteiger charge is 2.64. The van der Waals surface area contributed by atoms with Crippen LogP contribution in [0.4, 0.5) is 0 Å². The van der Waals surface area contributed by atoms with Crippen molar-refractivity contribution in [3.8, 4) is 0 Å². The molecule has 2 aliphatic heterocycles. The summed E-state index contributed by atoms with van der Waals surface area (Å²) < 4.78 is 0. The van der Waals surface area contributed by atoms with E-state index in [2.05, 4.69) is 25.8 Å². The van der Waals surface area contributed by atoms with Gasteiger partial charge in [-0.3, -0.25) is 0 Å². The van der Waals surface area contributed by atoms with Gasteiger partial charge in [0.15, 0.2) is 0 Å². The third-order valence-corrected chi connectivity index (χ3v) is 5.56. The standard InChI is InChI=1S/C13H18N4/c1-12(2)8-4-5-13(12,3)10-9(8)16-17-7-6-14-11(17)15-10/h8H,4-7H2,1-3H3/t8-,13+/m1/s1. The zero-order valence-corrected chi connectivity index (χ0v) is 10.7. The van der Waals surface area contributed by atoms with Crippen LogP contribution in [0.5, 0.6) is 0 Å². The van der Waals surface area contributed by atoms with Crippen LogP contribution >= 0.6 is 0 Å².